The number of nitrogens with zero attached hydrogens (tertiary/aromatic N) is 6. The van der Waals surface area contributed by atoms with Crippen molar-refractivity contribution in [2.24, 2.45) is 0 Å². The molecular weight excluding hydrogens is 575 g/mol. The third-order valence-corrected chi connectivity index (χ3v) is 6.51. The van der Waals surface area contributed by atoms with Gasteiger partial charge in [0.1, 0.15) is 17.4 Å². The SMILES string of the molecule is CC#CO.Nc1ncccc1-c1nc2ccc(-c3ccccc3)nc2n1-c1ccc(CN2CC[N-]CC2)cc1.[Y]. The van der Waals surface area contributed by atoms with Crippen LogP contribution < -0.4 is 5.73 Å². The molecular formula is C31H30N7OY-. The van der Waals surface area contributed by atoms with Crippen LogP contribution in [0.4, 0.5) is 5.82 Å². The minimum absolute atomic E-state index is 0. The molecule has 1 radical (unpaired) electrons. The van der Waals surface area contributed by atoms with Crippen LogP contribution in [-0.4, -0.2) is 55.7 Å². The molecule has 40 heavy (non-hydrogen) atoms. The zero-order valence-corrected chi connectivity index (χ0v) is 25.2. The number of pyridine rings is 2. The maximum Gasteiger partial charge on any atom is 0.165 e. The van der Waals surface area contributed by atoms with E-state index in [2.05, 4.69) is 62.1 Å². The number of aliphatic hydroxyl groups excluding tert-OH is 1. The molecule has 0 bridgehead atoms. The molecule has 3 aromatic heterocycles. The molecule has 0 aliphatic carbocycles. The minimum Gasteiger partial charge on any atom is -0.660 e. The number of anilines is 1. The van der Waals surface area contributed by atoms with Crippen LogP contribution in [0, 0.1) is 12.0 Å². The Hall–Kier alpha value is -3.61. The van der Waals surface area contributed by atoms with Crippen molar-refractivity contribution in [2.75, 3.05) is 31.9 Å². The van der Waals surface area contributed by atoms with Gasteiger partial charge in [-0.15, -0.1) is 13.1 Å². The first-order valence-corrected chi connectivity index (χ1v) is 12.8. The van der Waals surface area contributed by atoms with Gasteiger partial charge in [0.15, 0.2) is 11.5 Å². The quantitative estimate of drug-likeness (QED) is 0.265. The van der Waals surface area contributed by atoms with Gasteiger partial charge in [-0.05, 0) is 55.1 Å². The number of hydrogen-bond acceptors (Lipinski definition) is 6. The van der Waals surface area contributed by atoms with Crippen LogP contribution in [0.2, 0.25) is 0 Å². The number of aliphatic hydroxyl groups is 1. The van der Waals surface area contributed by atoms with E-state index in [0.29, 0.717) is 5.82 Å². The fraction of sp³-hybridized carbons (Fsp3) is 0.194. The van der Waals surface area contributed by atoms with Crippen molar-refractivity contribution in [3.63, 3.8) is 0 Å². The maximum absolute atomic E-state index is 7.51. The first-order chi connectivity index (χ1) is 19.2. The summed E-state index contributed by atoms with van der Waals surface area (Å²) in [5.74, 6) is 3.41. The van der Waals surface area contributed by atoms with Crippen LogP contribution in [0.15, 0.2) is 85.1 Å². The molecule has 6 rings (SSSR count). The normalized spacial score (nSPS) is 12.9. The Morgan fingerprint density at radius 3 is 2.33 bits per heavy atom. The van der Waals surface area contributed by atoms with Gasteiger partial charge in [-0.25, -0.2) is 15.0 Å². The number of benzene rings is 2. The summed E-state index contributed by atoms with van der Waals surface area (Å²) < 4.78 is 2.08. The Morgan fingerprint density at radius 2 is 1.65 bits per heavy atom. The van der Waals surface area contributed by atoms with Crippen molar-refractivity contribution in [2.45, 2.75) is 13.5 Å². The molecule has 1 aliphatic rings. The second-order valence-corrected chi connectivity index (χ2v) is 9.09. The van der Waals surface area contributed by atoms with Gasteiger partial charge in [0, 0.05) is 63.6 Å². The summed E-state index contributed by atoms with van der Waals surface area (Å²) in [6.45, 7) is 6.38. The van der Waals surface area contributed by atoms with Crippen molar-refractivity contribution in [3.05, 3.63) is 95.9 Å². The summed E-state index contributed by atoms with van der Waals surface area (Å²) in [4.78, 5) is 16.7. The first kappa shape index (κ1) is 29.4. The number of aromatic nitrogens is 4. The van der Waals surface area contributed by atoms with Gasteiger partial charge in [-0.3, -0.25) is 4.57 Å². The molecule has 1 fully saturated rings. The third kappa shape index (κ3) is 6.75. The van der Waals surface area contributed by atoms with Crippen molar-refractivity contribution in [1.29, 1.82) is 0 Å². The van der Waals surface area contributed by atoms with Crippen LogP contribution in [-0.2, 0) is 39.3 Å². The summed E-state index contributed by atoms with van der Waals surface area (Å²) in [6.07, 6.45) is 3.38. The Labute approximate surface area is 259 Å². The molecule has 3 N–H and O–H groups in total. The van der Waals surface area contributed by atoms with E-state index >= 15 is 0 Å². The van der Waals surface area contributed by atoms with E-state index in [9.17, 15) is 0 Å². The van der Waals surface area contributed by atoms with Gasteiger partial charge in [-0.1, -0.05) is 48.4 Å². The van der Waals surface area contributed by atoms with E-state index in [4.69, 9.17) is 20.8 Å². The molecule has 0 saturated carbocycles. The number of imidazole rings is 1. The van der Waals surface area contributed by atoms with Crippen molar-refractivity contribution in [1.82, 2.24) is 24.4 Å². The standard InChI is InChI=1S/C28H26N7.C3H4O.Y/c29-26-23(7-4-14-31-26)27-33-25-13-12-24(21-5-2-1-3-6-21)32-28(25)35(27)22-10-8-20(9-11-22)19-34-17-15-30-16-18-34;1-2-3-4;/h1-14H,15-19H2,(H2,29,31);4H,1H3;/q-1;;. The maximum atomic E-state index is 7.51. The molecule has 1 aliphatic heterocycles. The topological polar surface area (TPSA) is 107 Å². The largest absolute Gasteiger partial charge is 0.660 e. The Kier molecular flexibility index (Phi) is 10.4. The number of nitrogens with two attached hydrogens (primary N) is 1. The molecule has 0 unspecified atom stereocenters. The van der Waals surface area contributed by atoms with E-state index in [1.807, 2.05) is 42.5 Å². The average Bonchev–Trinajstić information content (AvgIpc) is 3.37. The van der Waals surface area contributed by atoms with Gasteiger partial charge < -0.3 is 21.1 Å². The number of fused-ring (bicyclic) bond motifs is 1. The van der Waals surface area contributed by atoms with E-state index in [1.54, 1.807) is 19.2 Å². The van der Waals surface area contributed by atoms with Crippen LogP contribution >= 0.6 is 0 Å². The average molecular weight is 606 g/mol. The van der Waals surface area contributed by atoms with Gasteiger partial charge in [0.2, 0.25) is 0 Å². The second-order valence-electron chi connectivity index (χ2n) is 9.09. The molecule has 2 aromatic carbocycles. The molecule has 0 spiro atoms. The predicted octanol–water partition coefficient (Wildman–Crippen LogP) is 5.26. The monoisotopic (exact) mass is 605 g/mol. The smallest absolute Gasteiger partial charge is 0.165 e. The molecule has 0 amide bonds. The van der Waals surface area contributed by atoms with E-state index in [0.717, 1.165) is 72.2 Å². The molecule has 1 saturated heterocycles. The van der Waals surface area contributed by atoms with Crippen LogP contribution in [0.5, 0.6) is 0 Å². The van der Waals surface area contributed by atoms with Gasteiger partial charge in [0.05, 0.1) is 11.3 Å². The Morgan fingerprint density at radius 1 is 0.925 bits per heavy atom. The molecule has 0 atom stereocenters. The number of nitrogen functional groups attached to an aromatic ring is 1. The number of rotatable bonds is 5. The van der Waals surface area contributed by atoms with Crippen LogP contribution in [0.3, 0.4) is 0 Å². The van der Waals surface area contributed by atoms with E-state index < -0.39 is 0 Å². The van der Waals surface area contributed by atoms with Crippen molar-refractivity contribution >= 4 is 17.0 Å². The molecule has 199 valence electrons. The zero-order chi connectivity index (χ0) is 27.0. The van der Waals surface area contributed by atoms with Crippen molar-refractivity contribution < 1.29 is 37.8 Å². The van der Waals surface area contributed by atoms with E-state index in [-0.39, 0.29) is 32.7 Å². The second kappa shape index (κ2) is 14.2. The Bertz CT molecular complexity index is 1600. The summed E-state index contributed by atoms with van der Waals surface area (Å²) in [5.41, 5.74) is 12.9. The Balaban J connectivity index is 0.000000695. The van der Waals surface area contributed by atoms with Crippen molar-refractivity contribution in [3.8, 4) is 40.4 Å². The first-order valence-electron chi connectivity index (χ1n) is 12.8. The van der Waals surface area contributed by atoms with Gasteiger partial charge in [-0.2, -0.15) is 0 Å². The summed E-state index contributed by atoms with van der Waals surface area (Å²) in [5, 5.41) is 12.0. The van der Waals surface area contributed by atoms with Gasteiger partial charge >= 0.3 is 0 Å². The number of hydrogen-bond donors (Lipinski definition) is 2. The summed E-state index contributed by atoms with van der Waals surface area (Å²) in [7, 11) is 0. The van der Waals surface area contributed by atoms with E-state index in [1.165, 1.54) is 5.56 Å². The molecule has 8 nitrogen and oxygen atoms in total. The predicted molar refractivity (Wildman–Crippen MR) is 156 cm³/mol. The molecule has 9 heteroatoms. The third-order valence-electron chi connectivity index (χ3n) is 6.51. The number of piperazine rings is 1. The zero-order valence-electron chi connectivity index (χ0n) is 22.4. The summed E-state index contributed by atoms with van der Waals surface area (Å²) in [6, 6.07) is 26.7. The minimum atomic E-state index is 0. The molecule has 5 aromatic rings. The van der Waals surface area contributed by atoms with Crippen LogP contribution in [0.1, 0.15) is 12.5 Å². The fourth-order valence-electron chi connectivity index (χ4n) is 4.57. The molecule has 4 heterocycles. The fourth-order valence-corrected chi connectivity index (χ4v) is 4.57. The summed E-state index contributed by atoms with van der Waals surface area (Å²) >= 11 is 0. The van der Waals surface area contributed by atoms with Crippen LogP contribution in [0.25, 0.3) is 44.8 Å². The van der Waals surface area contributed by atoms with Gasteiger partial charge in [0.25, 0.3) is 0 Å².